The van der Waals surface area contributed by atoms with Gasteiger partial charge in [-0.15, -0.1) is 0 Å². The van der Waals surface area contributed by atoms with Gasteiger partial charge >= 0.3 is 0 Å². The zero-order valence-corrected chi connectivity index (χ0v) is 9.45. The Bertz CT molecular complexity index is 514. The summed E-state index contributed by atoms with van der Waals surface area (Å²) in [4.78, 5) is 10.7. The van der Waals surface area contributed by atoms with E-state index in [1.54, 1.807) is 0 Å². The van der Waals surface area contributed by atoms with Crippen LogP contribution in [0.25, 0.3) is 10.9 Å². The molecule has 0 atom stereocenters. The molecule has 0 bridgehead atoms. The maximum atomic E-state index is 10.7. The summed E-state index contributed by atoms with van der Waals surface area (Å²) in [5.41, 5.74) is 1.73. The van der Waals surface area contributed by atoms with Gasteiger partial charge in [0.25, 0.3) is 0 Å². The van der Waals surface area contributed by atoms with Crippen molar-refractivity contribution in [3.8, 4) is 0 Å². The molecule has 0 N–H and O–H groups in total. The van der Waals surface area contributed by atoms with E-state index in [1.807, 2.05) is 24.4 Å². The molecule has 0 radical (unpaired) electrons. The lowest BCUT2D eigenvalue weighted by atomic mass is 10.2. The van der Waals surface area contributed by atoms with Crippen LogP contribution in [-0.2, 0) is 0 Å². The molecule has 2 nitrogen and oxygen atoms in total. The lowest BCUT2D eigenvalue weighted by Crippen LogP contribution is -1.97. The van der Waals surface area contributed by atoms with Gasteiger partial charge < -0.3 is 4.57 Å². The van der Waals surface area contributed by atoms with E-state index in [2.05, 4.69) is 18.4 Å². The predicted octanol–water partition coefficient (Wildman–Crippen LogP) is 3.69. The average molecular weight is 222 g/mol. The molecule has 78 valence electrons. The second kappa shape index (κ2) is 3.70. The van der Waals surface area contributed by atoms with Crippen LogP contribution in [0.4, 0.5) is 0 Å². The van der Waals surface area contributed by atoms with Gasteiger partial charge in [0, 0.05) is 28.7 Å². The number of carbonyl (C=O) groups excluding carboxylic acids is 1. The minimum atomic E-state index is 0.363. The molecule has 0 spiro atoms. The normalized spacial score (nSPS) is 11.2. The maximum Gasteiger partial charge on any atom is 0.150 e. The molecule has 0 saturated heterocycles. The number of aromatic nitrogens is 1. The molecule has 0 fully saturated rings. The molecule has 15 heavy (non-hydrogen) atoms. The molecule has 1 heterocycles. The van der Waals surface area contributed by atoms with Crippen molar-refractivity contribution >= 4 is 28.8 Å². The summed E-state index contributed by atoms with van der Waals surface area (Å²) in [6.07, 6.45) is 2.74. The quantitative estimate of drug-likeness (QED) is 0.709. The van der Waals surface area contributed by atoms with Crippen molar-refractivity contribution < 1.29 is 4.79 Å². The molecule has 0 saturated carbocycles. The third-order valence-electron chi connectivity index (χ3n) is 2.50. The van der Waals surface area contributed by atoms with Gasteiger partial charge in [0.15, 0.2) is 0 Å². The molecule has 2 aromatic rings. The van der Waals surface area contributed by atoms with Gasteiger partial charge in [-0.25, -0.2) is 0 Å². The third-order valence-corrected chi connectivity index (χ3v) is 2.80. The first kappa shape index (κ1) is 10.2. The molecule has 0 aliphatic carbocycles. The third kappa shape index (κ3) is 1.65. The van der Waals surface area contributed by atoms with Gasteiger partial charge in [0.1, 0.15) is 6.29 Å². The van der Waals surface area contributed by atoms with Crippen molar-refractivity contribution in [1.82, 2.24) is 4.57 Å². The zero-order valence-electron chi connectivity index (χ0n) is 8.70. The van der Waals surface area contributed by atoms with Crippen molar-refractivity contribution in [2.24, 2.45) is 0 Å². The minimum Gasteiger partial charge on any atom is -0.343 e. The Labute approximate surface area is 93.5 Å². The number of benzene rings is 1. The van der Waals surface area contributed by atoms with Crippen molar-refractivity contribution in [2.75, 3.05) is 0 Å². The van der Waals surface area contributed by atoms with Crippen LogP contribution in [0.1, 0.15) is 30.2 Å². The highest BCUT2D eigenvalue weighted by atomic mass is 35.5. The second-order valence-corrected chi connectivity index (χ2v) is 4.28. The molecule has 0 aliphatic heterocycles. The van der Waals surface area contributed by atoms with E-state index < -0.39 is 0 Å². The Morgan fingerprint density at radius 3 is 2.73 bits per heavy atom. The topological polar surface area (TPSA) is 22.0 Å². The highest BCUT2D eigenvalue weighted by Crippen LogP contribution is 2.28. The standard InChI is InChI=1S/C12H12ClNO/c1-8(2)14-6-11(13)10-5-9(7-15)3-4-12(10)14/h3-8H,1-2H3. The smallest absolute Gasteiger partial charge is 0.150 e. The van der Waals surface area contributed by atoms with E-state index in [0.717, 1.165) is 17.2 Å². The van der Waals surface area contributed by atoms with Gasteiger partial charge in [-0.3, -0.25) is 4.79 Å². The monoisotopic (exact) mass is 221 g/mol. The first-order valence-electron chi connectivity index (χ1n) is 4.88. The lowest BCUT2D eigenvalue weighted by Gasteiger charge is -2.08. The number of nitrogens with zero attached hydrogens (tertiary/aromatic N) is 1. The number of hydrogen-bond acceptors (Lipinski definition) is 1. The van der Waals surface area contributed by atoms with Gasteiger partial charge in [-0.05, 0) is 32.0 Å². The summed E-state index contributed by atoms with van der Waals surface area (Å²) in [7, 11) is 0. The maximum absolute atomic E-state index is 10.7. The number of rotatable bonds is 2. The van der Waals surface area contributed by atoms with E-state index in [1.165, 1.54) is 0 Å². The molecular formula is C12H12ClNO. The number of halogens is 1. The van der Waals surface area contributed by atoms with Crippen LogP contribution in [0, 0.1) is 0 Å². The molecule has 0 aliphatic rings. The van der Waals surface area contributed by atoms with Gasteiger partial charge in [0.2, 0.25) is 0 Å². The summed E-state index contributed by atoms with van der Waals surface area (Å²) in [5.74, 6) is 0. The first-order chi connectivity index (χ1) is 7.13. The number of fused-ring (bicyclic) bond motifs is 1. The van der Waals surface area contributed by atoms with E-state index in [4.69, 9.17) is 11.6 Å². The van der Waals surface area contributed by atoms with Gasteiger partial charge in [-0.1, -0.05) is 11.6 Å². The Kier molecular flexibility index (Phi) is 2.53. The van der Waals surface area contributed by atoms with E-state index in [0.29, 0.717) is 16.6 Å². The summed E-state index contributed by atoms with van der Waals surface area (Å²) >= 11 is 6.11. The van der Waals surface area contributed by atoms with Crippen molar-refractivity contribution in [3.63, 3.8) is 0 Å². The SMILES string of the molecule is CC(C)n1cc(Cl)c2cc(C=O)ccc21. The van der Waals surface area contributed by atoms with Gasteiger partial charge in [-0.2, -0.15) is 0 Å². The van der Waals surface area contributed by atoms with Crippen LogP contribution in [0.15, 0.2) is 24.4 Å². The van der Waals surface area contributed by atoms with E-state index in [-0.39, 0.29) is 0 Å². The molecular weight excluding hydrogens is 210 g/mol. The number of hydrogen-bond donors (Lipinski definition) is 0. The second-order valence-electron chi connectivity index (χ2n) is 3.87. The fourth-order valence-corrected chi connectivity index (χ4v) is 1.99. The molecule has 2 rings (SSSR count). The highest BCUT2D eigenvalue weighted by Gasteiger charge is 2.09. The molecule has 1 aromatic heterocycles. The van der Waals surface area contributed by atoms with Crippen LogP contribution in [0.5, 0.6) is 0 Å². The first-order valence-corrected chi connectivity index (χ1v) is 5.26. The number of carbonyl (C=O) groups is 1. The summed E-state index contributed by atoms with van der Waals surface area (Å²) in [6.45, 7) is 4.20. The van der Waals surface area contributed by atoms with E-state index in [9.17, 15) is 4.79 Å². The summed E-state index contributed by atoms with van der Waals surface area (Å²) < 4.78 is 2.10. The Morgan fingerprint density at radius 1 is 1.40 bits per heavy atom. The van der Waals surface area contributed by atoms with Crippen molar-refractivity contribution in [1.29, 1.82) is 0 Å². The lowest BCUT2D eigenvalue weighted by molar-refractivity contribution is 0.112. The Hall–Kier alpha value is -1.28. The Morgan fingerprint density at radius 2 is 2.13 bits per heavy atom. The highest BCUT2D eigenvalue weighted by molar-refractivity contribution is 6.35. The van der Waals surface area contributed by atoms with Gasteiger partial charge in [0.05, 0.1) is 5.02 Å². The average Bonchev–Trinajstić information content (AvgIpc) is 2.56. The van der Waals surface area contributed by atoms with Crippen molar-refractivity contribution in [2.45, 2.75) is 19.9 Å². The molecule has 0 unspecified atom stereocenters. The fourth-order valence-electron chi connectivity index (χ4n) is 1.73. The minimum absolute atomic E-state index is 0.363. The van der Waals surface area contributed by atoms with Crippen LogP contribution >= 0.6 is 11.6 Å². The predicted molar refractivity (Wildman–Crippen MR) is 62.7 cm³/mol. The van der Waals surface area contributed by atoms with E-state index >= 15 is 0 Å². The van der Waals surface area contributed by atoms with Crippen molar-refractivity contribution in [3.05, 3.63) is 35.0 Å². The fraction of sp³-hybridized carbons (Fsp3) is 0.250. The zero-order chi connectivity index (χ0) is 11.0. The van der Waals surface area contributed by atoms with Crippen LogP contribution < -0.4 is 0 Å². The van der Waals surface area contributed by atoms with Crippen LogP contribution in [0.2, 0.25) is 5.02 Å². The molecule has 0 amide bonds. The summed E-state index contributed by atoms with van der Waals surface area (Å²) in [6, 6.07) is 5.93. The molecule has 1 aromatic carbocycles. The summed E-state index contributed by atoms with van der Waals surface area (Å²) in [5, 5.41) is 1.64. The number of aldehydes is 1. The van der Waals surface area contributed by atoms with Crippen LogP contribution in [0.3, 0.4) is 0 Å². The van der Waals surface area contributed by atoms with Crippen LogP contribution in [-0.4, -0.2) is 10.9 Å². The molecule has 3 heteroatoms. The largest absolute Gasteiger partial charge is 0.343 e. The Balaban J connectivity index is 2.74.